The summed E-state index contributed by atoms with van der Waals surface area (Å²) in [6.45, 7) is 1.91. The Morgan fingerprint density at radius 1 is 1.35 bits per heavy atom. The van der Waals surface area contributed by atoms with Crippen molar-refractivity contribution in [2.24, 2.45) is 0 Å². The van der Waals surface area contributed by atoms with Gasteiger partial charge >= 0.3 is 5.97 Å². The molecule has 0 unspecified atom stereocenters. The number of benzene rings is 1. The van der Waals surface area contributed by atoms with Crippen LogP contribution >= 0.6 is 0 Å². The van der Waals surface area contributed by atoms with Gasteiger partial charge in [0, 0.05) is 0 Å². The Bertz CT molecular complexity index is 727. The molecule has 2 rings (SSSR count). The van der Waals surface area contributed by atoms with Gasteiger partial charge in [-0.2, -0.15) is 5.26 Å². The van der Waals surface area contributed by atoms with Crippen molar-refractivity contribution in [2.75, 3.05) is 6.61 Å². The van der Waals surface area contributed by atoms with Crippen LogP contribution in [0.1, 0.15) is 22.8 Å². The number of H-pyrrole nitrogens is 1. The first-order valence-corrected chi connectivity index (χ1v) is 6.07. The van der Waals surface area contributed by atoms with Gasteiger partial charge in [-0.05, 0) is 18.6 Å². The van der Waals surface area contributed by atoms with Gasteiger partial charge in [0.05, 0.1) is 17.9 Å². The number of rotatable bonds is 3. The van der Waals surface area contributed by atoms with Crippen LogP contribution in [0.15, 0.2) is 41.2 Å². The van der Waals surface area contributed by atoms with E-state index < -0.39 is 11.5 Å². The molecule has 0 saturated heterocycles. The lowest BCUT2D eigenvalue weighted by atomic mass is 10.0. The summed E-state index contributed by atoms with van der Waals surface area (Å²) >= 11 is 0. The number of carbonyl (C=O) groups is 1. The Morgan fingerprint density at radius 3 is 2.65 bits per heavy atom. The molecular weight excluding hydrogens is 256 g/mol. The molecular formula is C15H12N2O3. The fraction of sp³-hybridized carbons (Fsp3) is 0.133. The van der Waals surface area contributed by atoms with Gasteiger partial charge in [-0.3, -0.25) is 4.79 Å². The normalized spacial score (nSPS) is 9.80. The van der Waals surface area contributed by atoms with E-state index in [2.05, 4.69) is 4.98 Å². The van der Waals surface area contributed by atoms with E-state index in [1.165, 1.54) is 6.07 Å². The summed E-state index contributed by atoms with van der Waals surface area (Å²) in [5, 5.41) is 8.89. The van der Waals surface area contributed by atoms with Gasteiger partial charge in [0.2, 0.25) is 0 Å². The molecule has 5 nitrogen and oxygen atoms in total. The third-order valence-corrected chi connectivity index (χ3v) is 2.72. The van der Waals surface area contributed by atoms with Crippen molar-refractivity contribution in [1.82, 2.24) is 4.98 Å². The number of nitriles is 1. The van der Waals surface area contributed by atoms with Crippen molar-refractivity contribution in [1.29, 1.82) is 5.26 Å². The maximum atomic E-state index is 12.0. The first kappa shape index (κ1) is 13.6. The van der Waals surface area contributed by atoms with Crippen LogP contribution in [0.5, 0.6) is 0 Å². The molecule has 0 aliphatic rings. The van der Waals surface area contributed by atoms with Crippen molar-refractivity contribution < 1.29 is 9.53 Å². The molecule has 0 atom stereocenters. The highest BCUT2D eigenvalue weighted by atomic mass is 16.5. The van der Waals surface area contributed by atoms with Crippen LogP contribution in [0.3, 0.4) is 0 Å². The molecule has 0 spiro atoms. The second-order valence-corrected chi connectivity index (χ2v) is 4.00. The summed E-state index contributed by atoms with van der Waals surface area (Å²) < 4.78 is 4.96. The maximum Gasteiger partial charge on any atom is 0.340 e. The molecule has 1 N–H and O–H groups in total. The van der Waals surface area contributed by atoms with Gasteiger partial charge < -0.3 is 9.72 Å². The zero-order valence-electron chi connectivity index (χ0n) is 10.8. The lowest BCUT2D eigenvalue weighted by Crippen LogP contribution is -2.17. The molecule has 0 fully saturated rings. The quantitative estimate of drug-likeness (QED) is 0.864. The zero-order chi connectivity index (χ0) is 14.5. The first-order chi connectivity index (χ1) is 9.67. The minimum absolute atomic E-state index is 0.118. The molecule has 0 aliphatic heterocycles. The molecule has 100 valence electrons. The monoisotopic (exact) mass is 268 g/mol. The molecule has 5 heteroatoms. The molecule has 1 aromatic carbocycles. The van der Waals surface area contributed by atoms with Crippen LogP contribution in [-0.4, -0.2) is 17.6 Å². The Hall–Kier alpha value is -2.87. The van der Waals surface area contributed by atoms with Gasteiger partial charge in [-0.25, -0.2) is 4.79 Å². The van der Waals surface area contributed by atoms with Crippen molar-refractivity contribution in [3.05, 3.63) is 57.9 Å². The predicted octanol–water partition coefficient (Wildman–Crippen LogP) is 2.09. The lowest BCUT2D eigenvalue weighted by molar-refractivity contribution is 0.0527. The summed E-state index contributed by atoms with van der Waals surface area (Å²) in [5.41, 5.74) is 0.562. The summed E-state index contributed by atoms with van der Waals surface area (Å²) in [5.74, 6) is -0.570. The average Bonchev–Trinajstić information content (AvgIpc) is 2.48. The number of pyridine rings is 1. The number of hydrogen-bond acceptors (Lipinski definition) is 4. The van der Waals surface area contributed by atoms with Crippen molar-refractivity contribution in [2.45, 2.75) is 6.92 Å². The zero-order valence-corrected chi connectivity index (χ0v) is 10.8. The standard InChI is InChI=1S/C15H12N2O3/c1-2-20-15(19)12-8-11(9-16)14(18)17-13(12)10-6-4-3-5-7-10/h3-8H,2H2,1H3,(H,17,18). The number of esters is 1. The van der Waals surface area contributed by atoms with Gasteiger partial charge in [0.25, 0.3) is 5.56 Å². The van der Waals surface area contributed by atoms with Gasteiger partial charge in [0.15, 0.2) is 0 Å². The fourth-order valence-electron chi connectivity index (χ4n) is 1.82. The fourth-order valence-corrected chi connectivity index (χ4v) is 1.82. The highest BCUT2D eigenvalue weighted by Gasteiger charge is 2.17. The SMILES string of the molecule is CCOC(=O)c1cc(C#N)c(=O)[nH]c1-c1ccccc1. The third-order valence-electron chi connectivity index (χ3n) is 2.72. The summed E-state index contributed by atoms with van der Waals surface area (Å²) in [7, 11) is 0. The molecule has 1 aromatic heterocycles. The Labute approximate surface area is 115 Å². The topological polar surface area (TPSA) is 82.9 Å². The predicted molar refractivity (Wildman–Crippen MR) is 73.2 cm³/mol. The second-order valence-electron chi connectivity index (χ2n) is 4.00. The molecule has 0 bridgehead atoms. The Morgan fingerprint density at radius 2 is 2.05 bits per heavy atom. The Kier molecular flexibility index (Phi) is 3.96. The lowest BCUT2D eigenvalue weighted by Gasteiger charge is -2.09. The largest absolute Gasteiger partial charge is 0.462 e. The highest BCUT2D eigenvalue weighted by Crippen LogP contribution is 2.21. The number of aromatic nitrogens is 1. The van der Waals surface area contributed by atoms with E-state index in [1.54, 1.807) is 37.3 Å². The second kappa shape index (κ2) is 5.85. The smallest absolute Gasteiger partial charge is 0.340 e. The van der Waals surface area contributed by atoms with Gasteiger partial charge in [0.1, 0.15) is 11.6 Å². The first-order valence-electron chi connectivity index (χ1n) is 6.07. The van der Waals surface area contributed by atoms with Crippen LogP contribution in [0.4, 0.5) is 0 Å². The minimum atomic E-state index is -0.570. The van der Waals surface area contributed by atoms with Crippen molar-refractivity contribution >= 4 is 5.97 Å². The van der Waals surface area contributed by atoms with E-state index in [1.807, 2.05) is 6.07 Å². The molecule has 0 aliphatic carbocycles. The third kappa shape index (κ3) is 2.59. The van der Waals surface area contributed by atoms with Crippen LogP contribution in [0, 0.1) is 11.3 Å². The van der Waals surface area contributed by atoms with Crippen molar-refractivity contribution in [3.8, 4) is 17.3 Å². The van der Waals surface area contributed by atoms with Crippen LogP contribution in [0.25, 0.3) is 11.3 Å². The van der Waals surface area contributed by atoms with Gasteiger partial charge in [-0.1, -0.05) is 30.3 Å². The molecule has 1 heterocycles. The van der Waals surface area contributed by atoms with E-state index in [9.17, 15) is 9.59 Å². The number of nitrogens with zero attached hydrogens (tertiary/aromatic N) is 1. The van der Waals surface area contributed by atoms with E-state index in [-0.39, 0.29) is 17.7 Å². The van der Waals surface area contributed by atoms with Crippen LogP contribution in [-0.2, 0) is 4.74 Å². The summed E-state index contributed by atoms with van der Waals surface area (Å²) in [4.78, 5) is 26.3. The number of ether oxygens (including phenoxy) is 1. The average molecular weight is 268 g/mol. The van der Waals surface area contributed by atoms with Crippen molar-refractivity contribution in [3.63, 3.8) is 0 Å². The summed E-state index contributed by atoms with van der Waals surface area (Å²) in [6, 6.07) is 12.0. The van der Waals surface area contributed by atoms with Crippen LogP contribution in [0.2, 0.25) is 0 Å². The minimum Gasteiger partial charge on any atom is -0.462 e. The maximum absolute atomic E-state index is 12.0. The molecule has 0 amide bonds. The molecule has 0 radical (unpaired) electrons. The molecule has 2 aromatic rings. The van der Waals surface area contributed by atoms with Gasteiger partial charge in [-0.15, -0.1) is 0 Å². The molecule has 20 heavy (non-hydrogen) atoms. The number of hydrogen-bond donors (Lipinski definition) is 1. The van der Waals surface area contributed by atoms with E-state index in [0.29, 0.717) is 11.3 Å². The number of aromatic amines is 1. The highest BCUT2D eigenvalue weighted by molar-refractivity contribution is 5.96. The van der Waals surface area contributed by atoms with Crippen LogP contribution < -0.4 is 5.56 Å². The number of nitrogens with one attached hydrogen (secondary N) is 1. The van der Waals surface area contributed by atoms with E-state index in [0.717, 1.165) is 0 Å². The summed E-state index contributed by atoms with van der Waals surface area (Å²) in [6.07, 6.45) is 0. The van der Waals surface area contributed by atoms with E-state index in [4.69, 9.17) is 10.00 Å². The van der Waals surface area contributed by atoms with E-state index >= 15 is 0 Å². The molecule has 0 saturated carbocycles. The number of carbonyl (C=O) groups excluding carboxylic acids is 1. The Balaban J connectivity index is 2.67.